The Labute approximate surface area is 146 Å². The van der Waals surface area contributed by atoms with Crippen molar-refractivity contribution in [1.29, 1.82) is 0 Å². The van der Waals surface area contributed by atoms with Gasteiger partial charge in [0, 0.05) is 49.9 Å². The highest BCUT2D eigenvalue weighted by Gasteiger charge is 2.25. The molecule has 2 aliphatic rings. The van der Waals surface area contributed by atoms with E-state index in [4.69, 9.17) is 16.3 Å². The van der Waals surface area contributed by atoms with Gasteiger partial charge in [0.1, 0.15) is 0 Å². The van der Waals surface area contributed by atoms with E-state index >= 15 is 0 Å². The highest BCUT2D eigenvalue weighted by atomic mass is 35.5. The molecule has 130 valence electrons. The molecule has 0 aliphatic carbocycles. The molecule has 24 heavy (non-hydrogen) atoms. The van der Waals surface area contributed by atoms with Gasteiger partial charge in [0.15, 0.2) is 0 Å². The lowest BCUT2D eigenvalue weighted by Gasteiger charge is -2.36. The van der Waals surface area contributed by atoms with Crippen LogP contribution in [0.3, 0.4) is 0 Å². The molecule has 1 aromatic rings. The number of ether oxygens (including phenoxy) is 1. The van der Waals surface area contributed by atoms with Crippen LogP contribution < -0.4 is 0 Å². The molecular weight excluding hydrogens is 330 g/mol. The molecule has 2 saturated heterocycles. The minimum absolute atomic E-state index is 0.0193. The van der Waals surface area contributed by atoms with Crippen molar-refractivity contribution in [2.45, 2.75) is 0 Å². The molecule has 2 heterocycles. The van der Waals surface area contributed by atoms with Gasteiger partial charge in [0.05, 0.1) is 19.8 Å². The fourth-order valence-electron chi connectivity index (χ4n) is 2.99. The zero-order chi connectivity index (χ0) is 16.9. The van der Waals surface area contributed by atoms with Crippen LogP contribution in [0.4, 0.5) is 0 Å². The third-order valence-electron chi connectivity index (χ3n) is 4.47. The molecule has 0 saturated carbocycles. The summed E-state index contributed by atoms with van der Waals surface area (Å²) < 4.78 is 5.27. The van der Waals surface area contributed by atoms with E-state index in [0.717, 1.165) is 13.1 Å². The zero-order valence-electron chi connectivity index (χ0n) is 13.6. The molecule has 2 amide bonds. The average Bonchev–Trinajstić information content (AvgIpc) is 2.63. The van der Waals surface area contributed by atoms with Gasteiger partial charge in [-0.05, 0) is 24.3 Å². The number of benzene rings is 1. The Morgan fingerprint density at radius 1 is 0.917 bits per heavy atom. The van der Waals surface area contributed by atoms with Gasteiger partial charge < -0.3 is 14.5 Å². The number of amides is 2. The van der Waals surface area contributed by atoms with Gasteiger partial charge in [-0.25, -0.2) is 0 Å². The van der Waals surface area contributed by atoms with E-state index in [-0.39, 0.29) is 11.8 Å². The third kappa shape index (κ3) is 4.26. The minimum atomic E-state index is 0.0193. The first-order valence-corrected chi connectivity index (χ1v) is 8.64. The maximum Gasteiger partial charge on any atom is 0.253 e. The van der Waals surface area contributed by atoms with Crippen LogP contribution in [0.1, 0.15) is 10.4 Å². The lowest BCUT2D eigenvalue weighted by molar-refractivity contribution is -0.136. The van der Waals surface area contributed by atoms with Crippen LogP contribution in [0, 0.1) is 0 Å². The Hall–Kier alpha value is -1.63. The van der Waals surface area contributed by atoms with E-state index in [1.54, 1.807) is 24.3 Å². The minimum Gasteiger partial charge on any atom is -0.378 e. The van der Waals surface area contributed by atoms with Crippen molar-refractivity contribution in [1.82, 2.24) is 14.7 Å². The lowest BCUT2D eigenvalue weighted by Crippen LogP contribution is -2.52. The topological polar surface area (TPSA) is 53.1 Å². The van der Waals surface area contributed by atoms with Crippen LogP contribution in [-0.4, -0.2) is 85.5 Å². The molecule has 0 unspecified atom stereocenters. The molecule has 0 bridgehead atoms. The van der Waals surface area contributed by atoms with Crippen molar-refractivity contribution < 1.29 is 14.3 Å². The summed E-state index contributed by atoms with van der Waals surface area (Å²) in [6.07, 6.45) is 0. The molecular formula is C17H22ClN3O3. The Morgan fingerprint density at radius 3 is 2.17 bits per heavy atom. The summed E-state index contributed by atoms with van der Waals surface area (Å²) in [5.41, 5.74) is 0.650. The largest absolute Gasteiger partial charge is 0.378 e. The van der Waals surface area contributed by atoms with Crippen LogP contribution >= 0.6 is 11.6 Å². The molecule has 6 nitrogen and oxygen atoms in total. The molecule has 2 fully saturated rings. The normalized spacial score (nSPS) is 19.4. The number of piperazine rings is 1. The fraction of sp³-hybridized carbons (Fsp3) is 0.529. The van der Waals surface area contributed by atoms with Gasteiger partial charge in [-0.3, -0.25) is 14.5 Å². The second-order valence-corrected chi connectivity index (χ2v) is 6.50. The lowest BCUT2D eigenvalue weighted by atomic mass is 10.2. The average molecular weight is 352 g/mol. The van der Waals surface area contributed by atoms with E-state index in [9.17, 15) is 9.59 Å². The smallest absolute Gasteiger partial charge is 0.253 e. The van der Waals surface area contributed by atoms with E-state index in [2.05, 4.69) is 4.90 Å². The number of hydrogen-bond donors (Lipinski definition) is 0. The van der Waals surface area contributed by atoms with Gasteiger partial charge in [0.2, 0.25) is 5.91 Å². The number of rotatable bonds is 3. The second-order valence-electron chi connectivity index (χ2n) is 6.07. The van der Waals surface area contributed by atoms with Crippen LogP contribution in [0.25, 0.3) is 0 Å². The van der Waals surface area contributed by atoms with Gasteiger partial charge in [-0.1, -0.05) is 11.6 Å². The first-order valence-electron chi connectivity index (χ1n) is 8.26. The molecule has 7 heteroatoms. The summed E-state index contributed by atoms with van der Waals surface area (Å²) in [6, 6.07) is 6.95. The number of carbonyl (C=O) groups excluding carboxylic acids is 2. The number of morpholine rings is 1. The van der Waals surface area contributed by atoms with Gasteiger partial charge in [0.25, 0.3) is 5.91 Å². The van der Waals surface area contributed by atoms with E-state index < -0.39 is 0 Å². The van der Waals surface area contributed by atoms with Crippen LogP contribution in [-0.2, 0) is 9.53 Å². The molecule has 0 aromatic heterocycles. The first kappa shape index (κ1) is 17.2. The predicted octanol–water partition coefficient (Wildman–Crippen LogP) is 0.957. The van der Waals surface area contributed by atoms with Gasteiger partial charge in [-0.2, -0.15) is 0 Å². The van der Waals surface area contributed by atoms with Crippen LogP contribution in [0.15, 0.2) is 24.3 Å². The summed E-state index contributed by atoms with van der Waals surface area (Å²) in [7, 11) is 0. The van der Waals surface area contributed by atoms with Crippen LogP contribution in [0.5, 0.6) is 0 Å². The van der Waals surface area contributed by atoms with Crippen molar-refractivity contribution in [2.75, 3.05) is 59.0 Å². The highest BCUT2D eigenvalue weighted by Crippen LogP contribution is 2.13. The summed E-state index contributed by atoms with van der Waals surface area (Å²) in [6.45, 7) is 5.72. The van der Waals surface area contributed by atoms with E-state index in [1.165, 1.54) is 0 Å². The molecule has 3 rings (SSSR count). The third-order valence-corrected chi connectivity index (χ3v) is 4.73. The number of nitrogens with zero attached hydrogens (tertiary/aromatic N) is 3. The first-order chi connectivity index (χ1) is 11.6. The zero-order valence-corrected chi connectivity index (χ0v) is 14.4. The molecule has 1 aromatic carbocycles. The fourth-order valence-corrected chi connectivity index (χ4v) is 3.11. The van der Waals surface area contributed by atoms with Crippen molar-refractivity contribution in [3.05, 3.63) is 34.9 Å². The van der Waals surface area contributed by atoms with E-state index in [1.807, 2.05) is 9.80 Å². The summed E-state index contributed by atoms with van der Waals surface area (Å²) in [4.78, 5) is 30.5. The Bertz CT molecular complexity index is 579. The molecule has 0 radical (unpaired) electrons. The maximum atomic E-state index is 12.5. The molecule has 0 N–H and O–H groups in total. The van der Waals surface area contributed by atoms with Crippen molar-refractivity contribution >= 4 is 23.4 Å². The van der Waals surface area contributed by atoms with Crippen molar-refractivity contribution in [2.24, 2.45) is 0 Å². The van der Waals surface area contributed by atoms with Gasteiger partial charge >= 0.3 is 0 Å². The summed E-state index contributed by atoms with van der Waals surface area (Å²) in [5, 5.41) is 0.623. The SMILES string of the molecule is O=C(CN1CCN(C(=O)c2ccc(Cl)cc2)CC1)N1CCOCC1. The number of halogens is 1. The highest BCUT2D eigenvalue weighted by molar-refractivity contribution is 6.30. The number of hydrogen-bond acceptors (Lipinski definition) is 4. The molecule has 0 atom stereocenters. The predicted molar refractivity (Wildman–Crippen MR) is 91.2 cm³/mol. The van der Waals surface area contributed by atoms with Gasteiger partial charge in [-0.15, -0.1) is 0 Å². The van der Waals surface area contributed by atoms with E-state index in [0.29, 0.717) is 56.5 Å². The maximum absolute atomic E-state index is 12.5. The summed E-state index contributed by atoms with van der Waals surface area (Å²) in [5.74, 6) is 0.168. The van der Waals surface area contributed by atoms with Crippen molar-refractivity contribution in [3.63, 3.8) is 0 Å². The molecule has 0 spiro atoms. The summed E-state index contributed by atoms with van der Waals surface area (Å²) >= 11 is 5.86. The quantitative estimate of drug-likeness (QED) is 0.814. The molecule has 2 aliphatic heterocycles. The monoisotopic (exact) mass is 351 g/mol. The Kier molecular flexibility index (Phi) is 5.71. The van der Waals surface area contributed by atoms with Crippen molar-refractivity contribution in [3.8, 4) is 0 Å². The Morgan fingerprint density at radius 2 is 1.54 bits per heavy atom. The number of carbonyl (C=O) groups is 2. The Balaban J connectivity index is 1.47. The van der Waals surface area contributed by atoms with Crippen LogP contribution in [0.2, 0.25) is 5.02 Å². The second kappa shape index (κ2) is 7.96. The standard InChI is InChI=1S/C17H22ClN3O3/c18-15-3-1-14(2-4-15)17(23)21-7-5-19(6-8-21)13-16(22)20-9-11-24-12-10-20/h1-4H,5-13H2.